The van der Waals surface area contributed by atoms with Crippen molar-refractivity contribution in [3.05, 3.63) is 51.4 Å². The molecule has 0 saturated carbocycles. The predicted molar refractivity (Wildman–Crippen MR) is 84.4 cm³/mol. The average molecular weight is 306 g/mol. The molecule has 3 rings (SSSR count). The Bertz CT molecular complexity index is 663. The third kappa shape index (κ3) is 2.68. The zero-order valence-corrected chi connectivity index (χ0v) is 13.4. The first-order valence-corrected chi connectivity index (χ1v) is 7.73. The molecular weight excluding hydrogens is 286 g/mol. The molecule has 1 aromatic carbocycles. The summed E-state index contributed by atoms with van der Waals surface area (Å²) in [5, 5.41) is 4.29. The molecule has 0 bridgehead atoms. The summed E-state index contributed by atoms with van der Waals surface area (Å²) in [7, 11) is 0. The molecule has 1 aliphatic heterocycles. The number of hydrogen-bond acceptors (Lipinski definition) is 3. The van der Waals surface area contributed by atoms with Crippen LogP contribution >= 0.6 is 11.6 Å². The van der Waals surface area contributed by atoms with Gasteiger partial charge in [0.1, 0.15) is 17.3 Å². The van der Waals surface area contributed by atoms with Crippen LogP contribution in [0.2, 0.25) is 5.02 Å². The number of furan rings is 1. The number of hydrogen-bond donors (Lipinski definition) is 1. The topological polar surface area (TPSA) is 34.4 Å². The van der Waals surface area contributed by atoms with E-state index in [4.69, 9.17) is 20.8 Å². The zero-order valence-electron chi connectivity index (χ0n) is 12.6. The van der Waals surface area contributed by atoms with Crippen LogP contribution in [0.1, 0.15) is 41.2 Å². The molecule has 1 aliphatic rings. The Morgan fingerprint density at radius 1 is 1.24 bits per heavy atom. The molecule has 0 spiro atoms. The van der Waals surface area contributed by atoms with Crippen molar-refractivity contribution in [2.24, 2.45) is 0 Å². The van der Waals surface area contributed by atoms with Gasteiger partial charge in [0.25, 0.3) is 0 Å². The largest absolute Gasteiger partial charge is 0.493 e. The van der Waals surface area contributed by atoms with E-state index < -0.39 is 0 Å². The van der Waals surface area contributed by atoms with E-state index in [9.17, 15) is 0 Å². The van der Waals surface area contributed by atoms with E-state index in [0.29, 0.717) is 0 Å². The third-order valence-electron chi connectivity index (χ3n) is 3.89. The molecule has 2 aromatic rings. The van der Waals surface area contributed by atoms with Crippen LogP contribution < -0.4 is 10.1 Å². The maximum atomic E-state index is 6.30. The first-order valence-electron chi connectivity index (χ1n) is 7.35. The van der Waals surface area contributed by atoms with Crippen LogP contribution in [0.25, 0.3) is 0 Å². The fraction of sp³-hybridized carbons (Fsp3) is 0.412. The fourth-order valence-electron chi connectivity index (χ4n) is 3.04. The van der Waals surface area contributed by atoms with Crippen LogP contribution in [-0.4, -0.2) is 13.2 Å². The zero-order chi connectivity index (χ0) is 15.0. The predicted octanol–water partition coefficient (Wildman–Crippen LogP) is 4.18. The van der Waals surface area contributed by atoms with Gasteiger partial charge in [-0.2, -0.15) is 0 Å². The lowest BCUT2D eigenvalue weighted by Gasteiger charge is -2.21. The summed E-state index contributed by atoms with van der Waals surface area (Å²) in [4.78, 5) is 0. The van der Waals surface area contributed by atoms with E-state index in [1.165, 1.54) is 5.56 Å². The second-order valence-electron chi connectivity index (χ2n) is 5.44. The summed E-state index contributed by atoms with van der Waals surface area (Å²) in [6.45, 7) is 7.65. The maximum absolute atomic E-state index is 6.30. The molecule has 0 saturated heterocycles. The second-order valence-corrected chi connectivity index (χ2v) is 5.88. The van der Waals surface area contributed by atoms with Gasteiger partial charge in [-0.25, -0.2) is 0 Å². The number of aryl methyl sites for hydroxylation is 2. The van der Waals surface area contributed by atoms with E-state index >= 15 is 0 Å². The molecule has 0 fully saturated rings. The van der Waals surface area contributed by atoms with Crippen LogP contribution in [0, 0.1) is 13.8 Å². The van der Waals surface area contributed by atoms with Gasteiger partial charge in [0.15, 0.2) is 0 Å². The maximum Gasteiger partial charge on any atom is 0.127 e. The number of nitrogens with one attached hydrogen (secondary N) is 1. The van der Waals surface area contributed by atoms with Gasteiger partial charge in [0.2, 0.25) is 0 Å². The van der Waals surface area contributed by atoms with Crippen LogP contribution in [0.15, 0.2) is 22.6 Å². The summed E-state index contributed by atoms with van der Waals surface area (Å²) in [6.07, 6.45) is 0.922. The minimum absolute atomic E-state index is 0.0398. The Balaban J connectivity index is 2.12. The summed E-state index contributed by atoms with van der Waals surface area (Å²) in [5.41, 5.74) is 3.44. The number of rotatable bonds is 4. The molecule has 1 aromatic heterocycles. The monoisotopic (exact) mass is 305 g/mol. The van der Waals surface area contributed by atoms with E-state index in [-0.39, 0.29) is 6.04 Å². The van der Waals surface area contributed by atoms with Gasteiger partial charge in [-0.1, -0.05) is 18.5 Å². The average Bonchev–Trinajstić information content (AvgIpc) is 3.01. The molecule has 2 heterocycles. The van der Waals surface area contributed by atoms with Gasteiger partial charge in [0.05, 0.1) is 12.6 Å². The van der Waals surface area contributed by atoms with Gasteiger partial charge in [0, 0.05) is 22.6 Å². The van der Waals surface area contributed by atoms with E-state index in [2.05, 4.69) is 18.3 Å². The van der Waals surface area contributed by atoms with Gasteiger partial charge in [-0.15, -0.1) is 0 Å². The summed E-state index contributed by atoms with van der Waals surface area (Å²) >= 11 is 6.30. The van der Waals surface area contributed by atoms with Crippen molar-refractivity contribution in [2.45, 2.75) is 33.2 Å². The summed E-state index contributed by atoms with van der Waals surface area (Å²) < 4.78 is 11.5. The van der Waals surface area contributed by atoms with Crippen molar-refractivity contribution in [2.75, 3.05) is 13.2 Å². The highest BCUT2D eigenvalue weighted by Crippen LogP contribution is 2.39. The van der Waals surface area contributed by atoms with E-state index in [1.54, 1.807) is 0 Å². The van der Waals surface area contributed by atoms with E-state index in [0.717, 1.165) is 53.0 Å². The van der Waals surface area contributed by atoms with Crippen molar-refractivity contribution >= 4 is 11.6 Å². The molecule has 1 N–H and O–H groups in total. The first kappa shape index (κ1) is 14.5. The third-order valence-corrected chi connectivity index (χ3v) is 4.10. The SMILES string of the molecule is CCNC(c1cc(C)oc1C)c1cc(Cl)cc2c1OCC2. The normalized spacial score (nSPS) is 14.9. The molecule has 21 heavy (non-hydrogen) atoms. The Kier molecular flexibility index (Phi) is 3.96. The lowest BCUT2D eigenvalue weighted by molar-refractivity contribution is 0.350. The molecule has 0 radical (unpaired) electrons. The summed E-state index contributed by atoms with van der Waals surface area (Å²) in [6, 6.07) is 6.13. The number of ether oxygens (including phenoxy) is 1. The molecule has 3 nitrogen and oxygen atoms in total. The Hall–Kier alpha value is -1.45. The van der Waals surface area contributed by atoms with Crippen LogP contribution in [0.5, 0.6) is 5.75 Å². The van der Waals surface area contributed by atoms with E-state index in [1.807, 2.05) is 26.0 Å². The van der Waals surface area contributed by atoms with Gasteiger partial charge >= 0.3 is 0 Å². The van der Waals surface area contributed by atoms with Gasteiger partial charge in [-0.05, 0) is 44.2 Å². The molecule has 1 atom stereocenters. The fourth-order valence-corrected chi connectivity index (χ4v) is 3.29. The standard InChI is InChI=1S/C17H20ClNO2/c1-4-19-16(14-7-10(2)21-11(14)3)15-9-13(18)8-12-5-6-20-17(12)15/h7-9,16,19H,4-6H2,1-3H3. The smallest absolute Gasteiger partial charge is 0.127 e. The molecule has 1 unspecified atom stereocenters. The molecule has 0 amide bonds. The van der Waals surface area contributed by atoms with Crippen molar-refractivity contribution in [3.63, 3.8) is 0 Å². The van der Waals surface area contributed by atoms with Crippen molar-refractivity contribution in [1.82, 2.24) is 5.32 Å². The quantitative estimate of drug-likeness (QED) is 0.920. The van der Waals surface area contributed by atoms with Crippen LogP contribution in [-0.2, 0) is 6.42 Å². The molecule has 0 aliphatic carbocycles. The number of benzene rings is 1. The molecular formula is C17H20ClNO2. The lowest BCUT2D eigenvalue weighted by atomic mass is 9.96. The van der Waals surface area contributed by atoms with Crippen LogP contribution in [0.4, 0.5) is 0 Å². The minimum Gasteiger partial charge on any atom is -0.493 e. The highest BCUT2D eigenvalue weighted by atomic mass is 35.5. The Morgan fingerprint density at radius 3 is 2.71 bits per heavy atom. The molecule has 112 valence electrons. The highest BCUT2D eigenvalue weighted by molar-refractivity contribution is 6.30. The van der Waals surface area contributed by atoms with Crippen molar-refractivity contribution < 1.29 is 9.15 Å². The summed E-state index contributed by atoms with van der Waals surface area (Å²) in [5.74, 6) is 2.83. The second kappa shape index (κ2) is 5.74. The minimum atomic E-state index is 0.0398. The Labute approximate surface area is 130 Å². The Morgan fingerprint density at radius 2 is 2.05 bits per heavy atom. The number of fused-ring (bicyclic) bond motifs is 1. The van der Waals surface area contributed by atoms with Crippen molar-refractivity contribution in [1.29, 1.82) is 0 Å². The number of halogens is 1. The highest BCUT2D eigenvalue weighted by Gasteiger charge is 2.26. The van der Waals surface area contributed by atoms with Gasteiger partial charge < -0.3 is 14.5 Å². The molecule has 4 heteroatoms. The van der Waals surface area contributed by atoms with Gasteiger partial charge in [-0.3, -0.25) is 0 Å². The van der Waals surface area contributed by atoms with Crippen molar-refractivity contribution in [3.8, 4) is 5.75 Å². The lowest BCUT2D eigenvalue weighted by Crippen LogP contribution is -2.22. The first-order chi connectivity index (χ1) is 10.1. The van der Waals surface area contributed by atoms with Crippen LogP contribution in [0.3, 0.4) is 0 Å².